The number of pyridine rings is 1. The summed E-state index contributed by atoms with van der Waals surface area (Å²) in [4.78, 5) is 16.2. The number of aromatic nitrogens is 1. The van der Waals surface area contributed by atoms with Crippen LogP contribution in [0.3, 0.4) is 0 Å². The fourth-order valence-electron chi connectivity index (χ4n) is 1.90. The zero-order valence-corrected chi connectivity index (χ0v) is 11.5. The summed E-state index contributed by atoms with van der Waals surface area (Å²) >= 11 is 0. The van der Waals surface area contributed by atoms with Gasteiger partial charge in [0, 0.05) is 18.9 Å². The van der Waals surface area contributed by atoms with Crippen molar-refractivity contribution in [2.24, 2.45) is 0 Å². The van der Waals surface area contributed by atoms with Gasteiger partial charge in [-0.05, 0) is 30.7 Å². The van der Waals surface area contributed by atoms with E-state index in [0.29, 0.717) is 24.5 Å². The Balaban J connectivity index is 1.92. The van der Waals surface area contributed by atoms with E-state index in [4.69, 9.17) is 4.74 Å². The van der Waals surface area contributed by atoms with E-state index in [1.54, 1.807) is 18.5 Å². The first-order chi connectivity index (χ1) is 9.81. The molecule has 4 nitrogen and oxygen atoms in total. The SMILES string of the molecule is CCOc1ccccc1C(=O)CNCc1cccnc1. The van der Waals surface area contributed by atoms with E-state index in [0.717, 1.165) is 5.56 Å². The zero-order chi connectivity index (χ0) is 14.2. The van der Waals surface area contributed by atoms with Gasteiger partial charge >= 0.3 is 0 Å². The molecule has 2 aromatic rings. The van der Waals surface area contributed by atoms with Crippen LogP contribution in [0.15, 0.2) is 48.8 Å². The Labute approximate surface area is 118 Å². The maximum atomic E-state index is 12.2. The molecule has 2 rings (SSSR count). The summed E-state index contributed by atoms with van der Waals surface area (Å²) in [6, 6.07) is 11.2. The Morgan fingerprint density at radius 2 is 2.10 bits per heavy atom. The van der Waals surface area contributed by atoms with Gasteiger partial charge in [-0.1, -0.05) is 18.2 Å². The van der Waals surface area contributed by atoms with Crippen molar-refractivity contribution in [3.05, 3.63) is 59.9 Å². The molecule has 0 unspecified atom stereocenters. The van der Waals surface area contributed by atoms with Crippen molar-refractivity contribution >= 4 is 5.78 Å². The van der Waals surface area contributed by atoms with E-state index in [2.05, 4.69) is 10.3 Å². The third kappa shape index (κ3) is 3.90. The van der Waals surface area contributed by atoms with Gasteiger partial charge in [-0.3, -0.25) is 9.78 Å². The minimum absolute atomic E-state index is 0.0259. The van der Waals surface area contributed by atoms with E-state index in [1.807, 2.05) is 37.3 Å². The second-order valence-electron chi connectivity index (χ2n) is 4.32. The van der Waals surface area contributed by atoms with Gasteiger partial charge in [-0.15, -0.1) is 0 Å². The highest BCUT2D eigenvalue weighted by atomic mass is 16.5. The van der Waals surface area contributed by atoms with Gasteiger partial charge in [-0.2, -0.15) is 0 Å². The lowest BCUT2D eigenvalue weighted by Gasteiger charge is -2.09. The molecule has 0 fully saturated rings. The zero-order valence-electron chi connectivity index (χ0n) is 11.5. The first-order valence-corrected chi connectivity index (χ1v) is 6.66. The molecule has 20 heavy (non-hydrogen) atoms. The Morgan fingerprint density at radius 3 is 2.85 bits per heavy atom. The Hall–Kier alpha value is -2.20. The van der Waals surface area contributed by atoms with Crippen LogP contribution in [0.25, 0.3) is 0 Å². The highest BCUT2D eigenvalue weighted by Gasteiger charge is 2.11. The first kappa shape index (κ1) is 14.2. The van der Waals surface area contributed by atoms with Gasteiger partial charge in [0.05, 0.1) is 18.7 Å². The second kappa shape index (κ2) is 7.40. The summed E-state index contributed by atoms with van der Waals surface area (Å²) < 4.78 is 5.46. The number of nitrogens with zero attached hydrogens (tertiary/aromatic N) is 1. The van der Waals surface area contributed by atoms with E-state index < -0.39 is 0 Å². The molecule has 1 N–H and O–H groups in total. The minimum atomic E-state index is 0.0259. The number of hydrogen-bond acceptors (Lipinski definition) is 4. The standard InChI is InChI=1S/C16H18N2O2/c1-2-20-16-8-4-3-7-14(16)15(19)12-18-11-13-6-5-9-17-10-13/h3-10,18H,2,11-12H2,1H3. The molecule has 0 aliphatic rings. The summed E-state index contributed by atoms with van der Waals surface area (Å²) in [5.41, 5.74) is 1.67. The van der Waals surface area contributed by atoms with Crippen molar-refractivity contribution in [3.8, 4) is 5.75 Å². The highest BCUT2D eigenvalue weighted by molar-refractivity contribution is 6.00. The van der Waals surface area contributed by atoms with Crippen LogP contribution in [0.4, 0.5) is 0 Å². The lowest BCUT2D eigenvalue weighted by atomic mass is 10.1. The summed E-state index contributed by atoms with van der Waals surface area (Å²) in [6.45, 7) is 3.35. The molecular formula is C16H18N2O2. The topological polar surface area (TPSA) is 51.2 Å². The van der Waals surface area contributed by atoms with Crippen LogP contribution < -0.4 is 10.1 Å². The number of Topliss-reactive ketones (excluding diaryl/α,β-unsaturated/α-hetero) is 1. The van der Waals surface area contributed by atoms with Crippen LogP contribution in [-0.2, 0) is 6.54 Å². The van der Waals surface area contributed by atoms with Gasteiger partial charge in [0.2, 0.25) is 0 Å². The average Bonchev–Trinajstić information content (AvgIpc) is 2.49. The third-order valence-corrected chi connectivity index (χ3v) is 2.82. The second-order valence-corrected chi connectivity index (χ2v) is 4.32. The summed E-state index contributed by atoms with van der Waals surface area (Å²) in [5.74, 6) is 0.668. The van der Waals surface area contributed by atoms with Gasteiger partial charge in [-0.25, -0.2) is 0 Å². The molecule has 0 bridgehead atoms. The Kier molecular flexibility index (Phi) is 5.26. The third-order valence-electron chi connectivity index (χ3n) is 2.82. The molecule has 104 valence electrons. The summed E-state index contributed by atoms with van der Waals surface area (Å²) in [7, 11) is 0. The summed E-state index contributed by atoms with van der Waals surface area (Å²) in [5, 5.41) is 3.12. The summed E-state index contributed by atoms with van der Waals surface area (Å²) in [6.07, 6.45) is 3.51. The Morgan fingerprint density at radius 1 is 1.25 bits per heavy atom. The molecule has 0 amide bonds. The molecule has 1 aromatic heterocycles. The number of ether oxygens (including phenoxy) is 1. The average molecular weight is 270 g/mol. The van der Waals surface area contributed by atoms with Gasteiger partial charge in [0.1, 0.15) is 5.75 Å². The van der Waals surface area contributed by atoms with Crippen LogP contribution >= 0.6 is 0 Å². The number of carbonyl (C=O) groups excluding carboxylic acids is 1. The lowest BCUT2D eigenvalue weighted by molar-refractivity contribution is 0.0987. The minimum Gasteiger partial charge on any atom is -0.493 e. The number of rotatable bonds is 7. The molecule has 0 atom stereocenters. The van der Waals surface area contributed by atoms with Gasteiger partial charge in [0.15, 0.2) is 5.78 Å². The molecule has 4 heteroatoms. The molecule has 0 radical (unpaired) electrons. The van der Waals surface area contributed by atoms with Crippen LogP contribution in [0.5, 0.6) is 5.75 Å². The maximum Gasteiger partial charge on any atom is 0.180 e. The van der Waals surface area contributed by atoms with Gasteiger partial charge < -0.3 is 10.1 Å². The lowest BCUT2D eigenvalue weighted by Crippen LogP contribution is -2.23. The van der Waals surface area contributed by atoms with Crippen LogP contribution in [0, 0.1) is 0 Å². The van der Waals surface area contributed by atoms with E-state index in [9.17, 15) is 4.79 Å². The van der Waals surface area contributed by atoms with Crippen molar-refractivity contribution in [2.45, 2.75) is 13.5 Å². The van der Waals surface area contributed by atoms with Crippen molar-refractivity contribution in [2.75, 3.05) is 13.2 Å². The normalized spacial score (nSPS) is 10.2. The fourth-order valence-corrected chi connectivity index (χ4v) is 1.90. The van der Waals surface area contributed by atoms with Crippen molar-refractivity contribution in [1.82, 2.24) is 10.3 Å². The predicted octanol–water partition coefficient (Wildman–Crippen LogP) is 2.45. The molecular weight excluding hydrogens is 252 g/mol. The number of para-hydroxylation sites is 1. The van der Waals surface area contributed by atoms with Crippen molar-refractivity contribution in [1.29, 1.82) is 0 Å². The monoisotopic (exact) mass is 270 g/mol. The fraction of sp³-hybridized carbons (Fsp3) is 0.250. The predicted molar refractivity (Wildman–Crippen MR) is 77.9 cm³/mol. The largest absolute Gasteiger partial charge is 0.493 e. The smallest absolute Gasteiger partial charge is 0.180 e. The molecule has 1 aromatic carbocycles. The molecule has 0 aliphatic heterocycles. The van der Waals surface area contributed by atoms with Crippen LogP contribution in [-0.4, -0.2) is 23.9 Å². The number of nitrogens with one attached hydrogen (secondary N) is 1. The number of benzene rings is 1. The van der Waals surface area contributed by atoms with E-state index >= 15 is 0 Å². The molecule has 0 aliphatic carbocycles. The number of ketones is 1. The number of carbonyl (C=O) groups is 1. The maximum absolute atomic E-state index is 12.2. The van der Waals surface area contributed by atoms with Crippen LogP contribution in [0.2, 0.25) is 0 Å². The van der Waals surface area contributed by atoms with Crippen molar-refractivity contribution < 1.29 is 9.53 Å². The van der Waals surface area contributed by atoms with Gasteiger partial charge in [0.25, 0.3) is 0 Å². The number of hydrogen-bond donors (Lipinski definition) is 1. The van der Waals surface area contributed by atoms with Crippen LogP contribution in [0.1, 0.15) is 22.8 Å². The quantitative estimate of drug-likeness (QED) is 0.785. The first-order valence-electron chi connectivity index (χ1n) is 6.66. The molecule has 1 heterocycles. The molecule has 0 spiro atoms. The van der Waals surface area contributed by atoms with Crippen molar-refractivity contribution in [3.63, 3.8) is 0 Å². The molecule has 0 saturated carbocycles. The highest BCUT2D eigenvalue weighted by Crippen LogP contribution is 2.18. The molecule has 0 saturated heterocycles. The van der Waals surface area contributed by atoms with E-state index in [-0.39, 0.29) is 12.3 Å². The Bertz CT molecular complexity index is 555. The van der Waals surface area contributed by atoms with E-state index in [1.165, 1.54) is 0 Å².